The summed E-state index contributed by atoms with van der Waals surface area (Å²) in [6, 6.07) is 4.82. The van der Waals surface area contributed by atoms with Gasteiger partial charge in [0, 0.05) is 44.2 Å². The predicted octanol–water partition coefficient (Wildman–Crippen LogP) is 1.89. The van der Waals surface area contributed by atoms with E-state index < -0.39 is 0 Å². The molecule has 0 N–H and O–H groups in total. The molecule has 0 spiro atoms. The number of methoxy groups -OCH3 is 1. The van der Waals surface area contributed by atoms with Gasteiger partial charge in [0.05, 0.1) is 7.11 Å². The topological polar surface area (TPSA) is 32.8 Å². The van der Waals surface area contributed by atoms with Crippen molar-refractivity contribution in [1.82, 2.24) is 9.80 Å². The Kier molecular flexibility index (Phi) is 4.10. The second kappa shape index (κ2) is 6.02. The molecule has 1 aromatic carbocycles. The monoisotopic (exact) mass is 292 g/mol. The number of hydrogen-bond acceptors (Lipinski definition) is 3. The van der Waals surface area contributed by atoms with Crippen LogP contribution in [0.3, 0.4) is 0 Å². The zero-order chi connectivity index (χ0) is 14.8. The molecule has 1 saturated carbocycles. The van der Waals surface area contributed by atoms with E-state index >= 15 is 0 Å². The number of halogens is 1. The van der Waals surface area contributed by atoms with E-state index in [0.29, 0.717) is 23.8 Å². The summed E-state index contributed by atoms with van der Waals surface area (Å²) < 4.78 is 19.0. The number of hydrogen-bond donors (Lipinski definition) is 0. The number of amides is 1. The number of rotatable bonds is 4. The van der Waals surface area contributed by atoms with Gasteiger partial charge in [-0.15, -0.1) is 0 Å². The summed E-state index contributed by atoms with van der Waals surface area (Å²) in [7, 11) is 1.58. The highest BCUT2D eigenvalue weighted by Crippen LogP contribution is 2.31. The fourth-order valence-electron chi connectivity index (χ4n) is 2.76. The standard InChI is InChI=1S/C16H21FN2O2/c1-21-14-4-5-15(17)13(10-14)11-18-6-8-19(9-7-18)16(20)12-2-3-12/h4-5,10,12H,2-3,6-9,11H2,1H3. The minimum atomic E-state index is -0.202. The van der Waals surface area contributed by atoms with Gasteiger partial charge in [-0.25, -0.2) is 4.39 Å². The lowest BCUT2D eigenvalue weighted by Crippen LogP contribution is -2.48. The zero-order valence-corrected chi connectivity index (χ0v) is 12.3. The number of piperazine rings is 1. The lowest BCUT2D eigenvalue weighted by Gasteiger charge is -2.35. The molecule has 4 nitrogen and oxygen atoms in total. The largest absolute Gasteiger partial charge is 0.497 e. The summed E-state index contributed by atoms with van der Waals surface area (Å²) in [5.41, 5.74) is 0.649. The first kappa shape index (κ1) is 14.3. The van der Waals surface area contributed by atoms with Gasteiger partial charge < -0.3 is 9.64 Å². The zero-order valence-electron chi connectivity index (χ0n) is 12.3. The predicted molar refractivity (Wildman–Crippen MR) is 77.5 cm³/mol. The molecule has 1 aliphatic heterocycles. The van der Waals surface area contributed by atoms with Crippen molar-refractivity contribution in [3.63, 3.8) is 0 Å². The Balaban J connectivity index is 1.56. The van der Waals surface area contributed by atoms with Gasteiger partial charge >= 0.3 is 0 Å². The van der Waals surface area contributed by atoms with E-state index in [-0.39, 0.29) is 11.7 Å². The third-order valence-electron chi connectivity index (χ3n) is 4.26. The average molecular weight is 292 g/mol. The van der Waals surface area contributed by atoms with Crippen molar-refractivity contribution in [2.75, 3.05) is 33.3 Å². The first-order valence-electron chi connectivity index (χ1n) is 7.51. The van der Waals surface area contributed by atoms with Crippen LogP contribution in [0.1, 0.15) is 18.4 Å². The Hall–Kier alpha value is -1.62. The normalized spacial score (nSPS) is 19.6. The van der Waals surface area contributed by atoms with Crippen molar-refractivity contribution in [2.24, 2.45) is 5.92 Å². The summed E-state index contributed by atoms with van der Waals surface area (Å²) >= 11 is 0. The maximum atomic E-state index is 13.8. The smallest absolute Gasteiger partial charge is 0.225 e. The Morgan fingerprint density at radius 1 is 1.29 bits per heavy atom. The van der Waals surface area contributed by atoms with E-state index in [1.54, 1.807) is 19.2 Å². The summed E-state index contributed by atoms with van der Waals surface area (Å²) in [5.74, 6) is 1.07. The Bertz CT molecular complexity index is 523. The third-order valence-corrected chi connectivity index (χ3v) is 4.26. The molecule has 1 aromatic rings. The molecule has 0 radical (unpaired) electrons. The minimum absolute atomic E-state index is 0.202. The highest BCUT2D eigenvalue weighted by molar-refractivity contribution is 5.81. The van der Waals surface area contributed by atoms with Gasteiger partial charge in [0.1, 0.15) is 11.6 Å². The molecule has 1 amide bonds. The maximum Gasteiger partial charge on any atom is 0.225 e. The molecule has 1 aliphatic carbocycles. The highest BCUT2D eigenvalue weighted by Gasteiger charge is 2.34. The molecule has 5 heteroatoms. The van der Waals surface area contributed by atoms with Crippen molar-refractivity contribution >= 4 is 5.91 Å². The van der Waals surface area contributed by atoms with E-state index in [0.717, 1.165) is 39.0 Å². The van der Waals surface area contributed by atoms with Gasteiger partial charge in [0.25, 0.3) is 0 Å². The molecule has 114 valence electrons. The molecular weight excluding hydrogens is 271 g/mol. The van der Waals surface area contributed by atoms with Crippen molar-refractivity contribution < 1.29 is 13.9 Å². The van der Waals surface area contributed by atoms with Crippen LogP contribution < -0.4 is 4.74 Å². The molecule has 1 saturated heterocycles. The Morgan fingerprint density at radius 3 is 2.62 bits per heavy atom. The molecule has 0 atom stereocenters. The van der Waals surface area contributed by atoms with E-state index in [4.69, 9.17) is 4.74 Å². The van der Waals surface area contributed by atoms with Gasteiger partial charge in [-0.05, 0) is 31.0 Å². The second-order valence-electron chi connectivity index (χ2n) is 5.83. The molecule has 3 rings (SSSR count). The SMILES string of the molecule is COc1ccc(F)c(CN2CCN(C(=O)C3CC3)CC2)c1. The molecule has 0 bridgehead atoms. The van der Waals surface area contributed by atoms with Crippen molar-refractivity contribution in [3.05, 3.63) is 29.6 Å². The molecule has 0 unspecified atom stereocenters. The van der Waals surface area contributed by atoms with Crippen LogP contribution in [0.25, 0.3) is 0 Å². The van der Waals surface area contributed by atoms with Crippen LogP contribution >= 0.6 is 0 Å². The molecule has 0 aromatic heterocycles. The maximum absolute atomic E-state index is 13.8. The summed E-state index contributed by atoms with van der Waals surface area (Å²) in [6.45, 7) is 3.67. The summed E-state index contributed by atoms with van der Waals surface area (Å²) in [5, 5.41) is 0. The molecule has 2 fully saturated rings. The van der Waals surface area contributed by atoms with Crippen molar-refractivity contribution in [1.29, 1.82) is 0 Å². The number of nitrogens with zero attached hydrogens (tertiary/aromatic N) is 2. The first-order valence-corrected chi connectivity index (χ1v) is 7.51. The fraction of sp³-hybridized carbons (Fsp3) is 0.562. The molecule has 21 heavy (non-hydrogen) atoms. The van der Waals surface area contributed by atoms with Crippen LogP contribution in [0.2, 0.25) is 0 Å². The van der Waals surface area contributed by atoms with E-state index in [1.165, 1.54) is 6.07 Å². The number of carbonyl (C=O) groups is 1. The minimum Gasteiger partial charge on any atom is -0.497 e. The van der Waals surface area contributed by atoms with Crippen LogP contribution in [0, 0.1) is 11.7 Å². The third kappa shape index (κ3) is 3.35. The van der Waals surface area contributed by atoms with Gasteiger partial charge in [-0.2, -0.15) is 0 Å². The van der Waals surface area contributed by atoms with Crippen LogP contribution in [0.5, 0.6) is 5.75 Å². The van der Waals surface area contributed by atoms with Gasteiger partial charge in [-0.3, -0.25) is 9.69 Å². The second-order valence-corrected chi connectivity index (χ2v) is 5.83. The van der Waals surface area contributed by atoms with Crippen molar-refractivity contribution in [2.45, 2.75) is 19.4 Å². The van der Waals surface area contributed by atoms with Crippen LogP contribution in [-0.2, 0) is 11.3 Å². The van der Waals surface area contributed by atoms with E-state index in [9.17, 15) is 9.18 Å². The number of carbonyl (C=O) groups excluding carboxylic acids is 1. The molecule has 2 aliphatic rings. The quantitative estimate of drug-likeness (QED) is 0.849. The van der Waals surface area contributed by atoms with Gasteiger partial charge in [-0.1, -0.05) is 0 Å². The lowest BCUT2D eigenvalue weighted by atomic mass is 10.1. The summed E-state index contributed by atoms with van der Waals surface area (Å²) in [6.07, 6.45) is 2.10. The van der Waals surface area contributed by atoms with Crippen molar-refractivity contribution in [3.8, 4) is 5.75 Å². The lowest BCUT2D eigenvalue weighted by molar-refractivity contribution is -0.134. The highest BCUT2D eigenvalue weighted by atomic mass is 19.1. The molecular formula is C16H21FN2O2. The van der Waals surface area contributed by atoms with Gasteiger partial charge in [0.15, 0.2) is 0 Å². The van der Waals surface area contributed by atoms with E-state index in [2.05, 4.69) is 4.90 Å². The van der Waals surface area contributed by atoms with Crippen LogP contribution in [-0.4, -0.2) is 49.0 Å². The number of ether oxygens (including phenoxy) is 1. The van der Waals surface area contributed by atoms with Crippen LogP contribution in [0.4, 0.5) is 4.39 Å². The van der Waals surface area contributed by atoms with Gasteiger partial charge in [0.2, 0.25) is 5.91 Å². The fourth-order valence-corrected chi connectivity index (χ4v) is 2.76. The summed E-state index contributed by atoms with van der Waals surface area (Å²) in [4.78, 5) is 16.1. The number of benzene rings is 1. The van der Waals surface area contributed by atoms with Crippen LogP contribution in [0.15, 0.2) is 18.2 Å². The average Bonchev–Trinajstić information content (AvgIpc) is 3.34. The molecule has 1 heterocycles. The first-order chi connectivity index (χ1) is 10.2. The van der Waals surface area contributed by atoms with E-state index in [1.807, 2.05) is 4.90 Å². The Labute approximate surface area is 124 Å². The Morgan fingerprint density at radius 2 is 2.00 bits per heavy atom.